The predicted molar refractivity (Wildman–Crippen MR) is 133 cm³/mol. The van der Waals surface area contributed by atoms with Gasteiger partial charge in [-0.3, -0.25) is 9.08 Å². The lowest BCUT2D eigenvalue weighted by atomic mass is 9.95. The summed E-state index contributed by atoms with van der Waals surface area (Å²) in [4.78, 5) is 14.7. The van der Waals surface area contributed by atoms with Crippen LogP contribution in [0.1, 0.15) is 74.7 Å². The third-order valence-corrected chi connectivity index (χ3v) is 11.4. The van der Waals surface area contributed by atoms with Gasteiger partial charge in [0.05, 0.1) is 25.5 Å². The minimum atomic E-state index is -3.47. The standard InChI is InChI=1S/C23H47NO7SSi/c1-21(2,3)31-20(25)24-19(17-28-23(24,7)8)15-18(13-12-14-29-32(9,26)27)16-30-33(10,11)22(4,5)6/h18-19H,12-17H2,1-11H3/t18-,19?/m0/s1. The second kappa shape index (κ2) is 10.9. The van der Waals surface area contributed by atoms with E-state index in [9.17, 15) is 13.2 Å². The van der Waals surface area contributed by atoms with Crippen LogP contribution in [0.2, 0.25) is 18.1 Å². The number of amides is 1. The van der Waals surface area contributed by atoms with Crippen molar-refractivity contribution in [3.05, 3.63) is 0 Å². The van der Waals surface area contributed by atoms with Gasteiger partial charge in [0, 0.05) is 6.61 Å². The highest BCUT2D eigenvalue weighted by Crippen LogP contribution is 2.38. The average molecular weight is 510 g/mol. The molecule has 0 bridgehead atoms. The SMILES string of the molecule is CC(C)(C)OC(=O)N1C(C[C@H](CCCOS(C)(=O)=O)CO[Si](C)(C)C(C)(C)C)COC1(C)C. The molecule has 2 atom stereocenters. The van der Waals surface area contributed by atoms with Crippen LogP contribution in [0.4, 0.5) is 4.79 Å². The Morgan fingerprint density at radius 3 is 2.24 bits per heavy atom. The summed E-state index contributed by atoms with van der Waals surface area (Å²) in [6.45, 7) is 21.4. The molecule has 8 nitrogen and oxygen atoms in total. The first-order valence-electron chi connectivity index (χ1n) is 11.8. The van der Waals surface area contributed by atoms with Crippen LogP contribution < -0.4 is 0 Å². The van der Waals surface area contributed by atoms with Gasteiger partial charge < -0.3 is 13.9 Å². The molecule has 0 N–H and O–H groups in total. The first-order chi connectivity index (χ1) is 14.6. The van der Waals surface area contributed by atoms with Gasteiger partial charge in [-0.15, -0.1) is 0 Å². The van der Waals surface area contributed by atoms with Gasteiger partial charge >= 0.3 is 6.09 Å². The van der Waals surface area contributed by atoms with Crippen molar-refractivity contribution in [2.75, 3.05) is 26.1 Å². The lowest BCUT2D eigenvalue weighted by Gasteiger charge is -2.38. The summed E-state index contributed by atoms with van der Waals surface area (Å²) in [7, 11) is -5.43. The van der Waals surface area contributed by atoms with E-state index in [1.165, 1.54) is 0 Å². The van der Waals surface area contributed by atoms with Gasteiger partial charge in [-0.25, -0.2) is 4.79 Å². The van der Waals surface area contributed by atoms with Crippen LogP contribution in [-0.4, -0.2) is 71.2 Å². The van der Waals surface area contributed by atoms with E-state index in [1.807, 2.05) is 34.6 Å². The third kappa shape index (κ3) is 10.2. The summed E-state index contributed by atoms with van der Waals surface area (Å²) in [6.07, 6.45) is 2.66. The second-order valence-electron chi connectivity index (χ2n) is 12.1. The van der Waals surface area contributed by atoms with E-state index < -0.39 is 29.8 Å². The highest BCUT2D eigenvalue weighted by molar-refractivity contribution is 7.85. The molecule has 196 valence electrons. The van der Waals surface area contributed by atoms with E-state index >= 15 is 0 Å². The molecule has 0 aromatic carbocycles. The molecule has 1 aliphatic rings. The summed E-state index contributed by atoms with van der Waals surface area (Å²) in [5, 5.41) is 0.0813. The summed E-state index contributed by atoms with van der Waals surface area (Å²) in [6, 6.07) is -0.154. The van der Waals surface area contributed by atoms with Crippen LogP contribution in [0.15, 0.2) is 0 Å². The minimum absolute atomic E-state index is 0.0813. The Morgan fingerprint density at radius 1 is 1.18 bits per heavy atom. The molecular weight excluding hydrogens is 462 g/mol. The second-order valence-corrected chi connectivity index (χ2v) is 18.6. The highest BCUT2D eigenvalue weighted by Gasteiger charge is 2.46. The van der Waals surface area contributed by atoms with Gasteiger partial charge in [0.25, 0.3) is 10.1 Å². The molecule has 0 radical (unpaired) electrons. The van der Waals surface area contributed by atoms with Crippen LogP contribution in [0.5, 0.6) is 0 Å². The zero-order chi connectivity index (χ0) is 25.9. The fourth-order valence-electron chi connectivity index (χ4n) is 3.52. The van der Waals surface area contributed by atoms with Gasteiger partial charge in [-0.1, -0.05) is 20.8 Å². The first kappa shape index (κ1) is 30.3. The molecule has 10 heteroatoms. The largest absolute Gasteiger partial charge is 0.444 e. The molecule has 1 fully saturated rings. The molecule has 0 saturated carbocycles. The van der Waals surface area contributed by atoms with Crippen LogP contribution >= 0.6 is 0 Å². The maximum atomic E-state index is 13.0. The van der Waals surface area contributed by atoms with Crippen molar-refractivity contribution in [3.8, 4) is 0 Å². The topological polar surface area (TPSA) is 91.4 Å². The van der Waals surface area contributed by atoms with E-state index in [0.717, 1.165) is 12.7 Å². The minimum Gasteiger partial charge on any atom is -0.444 e. The molecule has 33 heavy (non-hydrogen) atoms. The average Bonchev–Trinajstić information content (AvgIpc) is 2.87. The van der Waals surface area contributed by atoms with Crippen LogP contribution in [0.3, 0.4) is 0 Å². The van der Waals surface area contributed by atoms with E-state index in [4.69, 9.17) is 18.1 Å². The van der Waals surface area contributed by atoms with Crippen LogP contribution in [0.25, 0.3) is 0 Å². The van der Waals surface area contributed by atoms with Gasteiger partial charge in [0.1, 0.15) is 11.3 Å². The maximum Gasteiger partial charge on any atom is 0.412 e. The number of carbonyl (C=O) groups is 1. The number of rotatable bonds is 10. The Bertz CT molecular complexity index is 754. The molecule has 0 aromatic rings. The number of ether oxygens (including phenoxy) is 2. The molecule has 1 unspecified atom stereocenters. The Labute approximate surface area is 202 Å². The number of hydrogen-bond donors (Lipinski definition) is 0. The van der Waals surface area contributed by atoms with Crippen LogP contribution in [-0.2, 0) is 28.2 Å². The summed E-state index contributed by atoms with van der Waals surface area (Å²) >= 11 is 0. The van der Waals surface area contributed by atoms with Crippen molar-refractivity contribution < 1.29 is 31.3 Å². The Kier molecular flexibility index (Phi) is 10.1. The van der Waals surface area contributed by atoms with E-state index in [-0.39, 0.29) is 29.7 Å². The van der Waals surface area contributed by atoms with Crippen molar-refractivity contribution >= 4 is 24.5 Å². The summed E-state index contributed by atoms with van der Waals surface area (Å²) in [5.74, 6) is 0.120. The van der Waals surface area contributed by atoms with Crippen molar-refractivity contribution in [1.82, 2.24) is 4.90 Å². The number of nitrogens with zero attached hydrogens (tertiary/aromatic N) is 1. The number of hydrogen-bond acceptors (Lipinski definition) is 7. The van der Waals surface area contributed by atoms with Gasteiger partial charge in [0.15, 0.2) is 8.32 Å². The van der Waals surface area contributed by atoms with E-state index in [0.29, 0.717) is 26.1 Å². The zero-order valence-electron chi connectivity index (χ0n) is 22.6. The van der Waals surface area contributed by atoms with Crippen molar-refractivity contribution in [2.45, 2.75) is 110 Å². The van der Waals surface area contributed by atoms with Gasteiger partial charge in [0.2, 0.25) is 0 Å². The van der Waals surface area contributed by atoms with E-state index in [1.54, 1.807) is 4.90 Å². The fourth-order valence-corrected chi connectivity index (χ4v) is 5.02. The molecule has 1 aliphatic heterocycles. The third-order valence-electron chi connectivity index (χ3n) is 6.31. The molecule has 1 rings (SSSR count). The molecule has 1 heterocycles. The number of carbonyl (C=O) groups excluding carboxylic acids is 1. The molecule has 0 aliphatic carbocycles. The van der Waals surface area contributed by atoms with E-state index in [2.05, 4.69) is 33.9 Å². The maximum absolute atomic E-state index is 13.0. The van der Waals surface area contributed by atoms with Crippen LogP contribution in [0, 0.1) is 5.92 Å². The highest BCUT2D eigenvalue weighted by atomic mass is 32.2. The fraction of sp³-hybridized carbons (Fsp3) is 0.957. The van der Waals surface area contributed by atoms with Crippen molar-refractivity contribution in [1.29, 1.82) is 0 Å². The Morgan fingerprint density at radius 2 is 1.76 bits per heavy atom. The lowest BCUT2D eigenvalue weighted by molar-refractivity contribution is -0.0633. The van der Waals surface area contributed by atoms with Gasteiger partial charge in [-0.2, -0.15) is 8.42 Å². The molecule has 0 spiro atoms. The normalized spacial score (nSPS) is 20.7. The Hall–Kier alpha value is -0.683. The molecule has 1 saturated heterocycles. The summed E-state index contributed by atoms with van der Waals surface area (Å²) < 4.78 is 45.7. The van der Waals surface area contributed by atoms with Crippen molar-refractivity contribution in [2.24, 2.45) is 5.92 Å². The predicted octanol–water partition coefficient (Wildman–Crippen LogP) is 5.14. The molecule has 1 amide bonds. The van der Waals surface area contributed by atoms with Crippen molar-refractivity contribution in [3.63, 3.8) is 0 Å². The lowest BCUT2D eigenvalue weighted by Crippen LogP contribution is -2.50. The van der Waals surface area contributed by atoms with Gasteiger partial charge in [-0.05, 0) is 77.9 Å². The molecular formula is C23H47NO7SSi. The quantitative estimate of drug-likeness (QED) is 0.229. The zero-order valence-corrected chi connectivity index (χ0v) is 24.4. The summed E-state index contributed by atoms with van der Waals surface area (Å²) in [5.41, 5.74) is -1.37. The first-order valence-corrected chi connectivity index (χ1v) is 16.5. The smallest absolute Gasteiger partial charge is 0.412 e. The molecule has 0 aromatic heterocycles. The Balaban J connectivity index is 2.97. The monoisotopic (exact) mass is 509 g/mol.